The van der Waals surface area contributed by atoms with Crippen LogP contribution in [0.25, 0.3) is 0 Å². The fourth-order valence-corrected chi connectivity index (χ4v) is 2.14. The molecule has 0 saturated carbocycles. The van der Waals surface area contributed by atoms with Gasteiger partial charge in [-0.1, -0.05) is 30.3 Å². The van der Waals surface area contributed by atoms with E-state index in [1.807, 2.05) is 48.7 Å². The Hall–Kier alpha value is -1.46. The van der Waals surface area contributed by atoms with Crippen LogP contribution in [0.15, 0.2) is 30.3 Å². The van der Waals surface area contributed by atoms with Crippen molar-refractivity contribution in [1.29, 1.82) is 0 Å². The van der Waals surface area contributed by atoms with Gasteiger partial charge in [0, 0.05) is 6.04 Å². The Labute approximate surface area is 105 Å². The van der Waals surface area contributed by atoms with Crippen LogP contribution >= 0.6 is 12.2 Å². The second kappa shape index (κ2) is 4.81. The summed E-state index contributed by atoms with van der Waals surface area (Å²) >= 11 is 5.15. The molecule has 17 heavy (non-hydrogen) atoms. The first-order chi connectivity index (χ1) is 8.11. The molecule has 0 aliphatic rings. The van der Waals surface area contributed by atoms with Gasteiger partial charge in [0.1, 0.15) is 6.10 Å². The molecule has 1 heterocycles. The van der Waals surface area contributed by atoms with Gasteiger partial charge >= 0.3 is 0 Å². The fourth-order valence-electron chi connectivity index (χ4n) is 1.79. The third-order valence-corrected chi connectivity index (χ3v) is 2.90. The molecule has 0 saturated heterocycles. The van der Waals surface area contributed by atoms with E-state index in [2.05, 4.69) is 10.2 Å². The lowest BCUT2D eigenvalue weighted by Gasteiger charge is -2.14. The number of aromatic amines is 1. The van der Waals surface area contributed by atoms with Crippen molar-refractivity contribution in [1.82, 2.24) is 14.8 Å². The minimum absolute atomic E-state index is 0.162. The van der Waals surface area contributed by atoms with Crippen LogP contribution in [0.5, 0.6) is 0 Å². The zero-order chi connectivity index (χ0) is 12.4. The van der Waals surface area contributed by atoms with E-state index in [0.717, 1.165) is 5.56 Å². The molecule has 4 nitrogen and oxygen atoms in total. The molecule has 5 heteroatoms. The summed E-state index contributed by atoms with van der Waals surface area (Å²) in [6, 6.07) is 9.59. The van der Waals surface area contributed by atoms with Crippen LogP contribution in [-0.4, -0.2) is 19.9 Å². The van der Waals surface area contributed by atoms with Crippen molar-refractivity contribution < 1.29 is 5.11 Å². The Bertz CT molecular complexity index is 544. The van der Waals surface area contributed by atoms with Gasteiger partial charge in [-0.25, -0.2) is 0 Å². The molecule has 0 aliphatic heterocycles. The molecular weight excluding hydrogens is 234 g/mol. The molecule has 1 aromatic heterocycles. The Balaban J connectivity index is 2.45. The lowest BCUT2D eigenvalue weighted by atomic mass is 10.1. The second-order valence-corrected chi connectivity index (χ2v) is 4.55. The summed E-state index contributed by atoms with van der Waals surface area (Å²) in [6.45, 7) is 4.01. The van der Waals surface area contributed by atoms with Crippen molar-refractivity contribution in [2.75, 3.05) is 0 Å². The van der Waals surface area contributed by atoms with Crippen molar-refractivity contribution in [2.45, 2.75) is 26.0 Å². The van der Waals surface area contributed by atoms with Gasteiger partial charge in [-0.15, -0.1) is 0 Å². The van der Waals surface area contributed by atoms with Gasteiger partial charge in [-0.05, 0) is 31.6 Å². The van der Waals surface area contributed by atoms with Crippen molar-refractivity contribution in [3.63, 3.8) is 0 Å². The van der Waals surface area contributed by atoms with E-state index in [1.54, 1.807) is 0 Å². The average molecular weight is 249 g/mol. The van der Waals surface area contributed by atoms with E-state index in [4.69, 9.17) is 12.2 Å². The number of rotatable bonds is 3. The highest BCUT2D eigenvalue weighted by atomic mass is 32.1. The van der Waals surface area contributed by atoms with Gasteiger partial charge in [-0.3, -0.25) is 9.67 Å². The van der Waals surface area contributed by atoms with Gasteiger partial charge in [0.15, 0.2) is 10.6 Å². The minimum atomic E-state index is -0.758. The summed E-state index contributed by atoms with van der Waals surface area (Å²) in [6.07, 6.45) is -0.758. The predicted octanol–water partition coefficient (Wildman–Crippen LogP) is 2.60. The molecule has 1 atom stereocenters. The van der Waals surface area contributed by atoms with Crippen LogP contribution in [-0.2, 0) is 0 Å². The molecule has 0 fully saturated rings. The average Bonchev–Trinajstić information content (AvgIpc) is 2.71. The molecule has 2 N–H and O–H groups in total. The Morgan fingerprint density at radius 3 is 2.53 bits per heavy atom. The SMILES string of the molecule is CC(C)n1c(C(O)c2ccccc2)n[nH]c1=S. The van der Waals surface area contributed by atoms with E-state index >= 15 is 0 Å². The standard InChI is InChI=1S/C12H15N3OS/c1-8(2)15-11(13-14-12(15)17)10(16)9-6-4-3-5-7-9/h3-8,10,16H,1-2H3,(H,14,17). The van der Waals surface area contributed by atoms with Gasteiger partial charge in [-0.2, -0.15) is 5.10 Å². The third kappa shape index (κ3) is 2.30. The lowest BCUT2D eigenvalue weighted by molar-refractivity contribution is 0.202. The lowest BCUT2D eigenvalue weighted by Crippen LogP contribution is -2.12. The van der Waals surface area contributed by atoms with Crippen molar-refractivity contribution >= 4 is 12.2 Å². The Morgan fingerprint density at radius 1 is 1.29 bits per heavy atom. The molecule has 2 aromatic rings. The summed E-state index contributed by atoms with van der Waals surface area (Å²) in [5.41, 5.74) is 0.809. The first-order valence-electron chi connectivity index (χ1n) is 5.51. The van der Waals surface area contributed by atoms with Crippen LogP contribution in [0.3, 0.4) is 0 Å². The maximum atomic E-state index is 10.3. The molecular formula is C12H15N3OS. The van der Waals surface area contributed by atoms with Gasteiger partial charge in [0.05, 0.1) is 0 Å². The topological polar surface area (TPSA) is 53.8 Å². The number of benzene rings is 1. The zero-order valence-corrected chi connectivity index (χ0v) is 10.6. The number of hydrogen-bond acceptors (Lipinski definition) is 3. The minimum Gasteiger partial charge on any atom is -0.380 e. The highest BCUT2D eigenvalue weighted by Gasteiger charge is 2.18. The van der Waals surface area contributed by atoms with Gasteiger partial charge < -0.3 is 5.11 Å². The summed E-state index contributed by atoms with van der Waals surface area (Å²) in [5.74, 6) is 0.552. The highest BCUT2D eigenvalue weighted by Crippen LogP contribution is 2.22. The predicted molar refractivity (Wildman–Crippen MR) is 68.3 cm³/mol. The molecule has 0 radical (unpaired) electrons. The molecule has 1 unspecified atom stereocenters. The number of H-pyrrole nitrogens is 1. The molecule has 0 amide bonds. The normalized spacial score (nSPS) is 12.9. The van der Waals surface area contributed by atoms with Crippen LogP contribution in [0, 0.1) is 4.77 Å². The van der Waals surface area contributed by atoms with Crippen molar-refractivity contribution in [3.8, 4) is 0 Å². The smallest absolute Gasteiger partial charge is 0.195 e. The Morgan fingerprint density at radius 2 is 1.94 bits per heavy atom. The number of nitrogens with one attached hydrogen (secondary N) is 1. The first-order valence-corrected chi connectivity index (χ1v) is 5.92. The molecule has 90 valence electrons. The number of nitrogens with zero attached hydrogens (tertiary/aromatic N) is 2. The van der Waals surface area contributed by atoms with Crippen molar-refractivity contribution in [2.24, 2.45) is 0 Å². The molecule has 0 bridgehead atoms. The summed E-state index contributed by atoms with van der Waals surface area (Å²) in [5, 5.41) is 17.1. The fraction of sp³-hybridized carbons (Fsp3) is 0.333. The van der Waals surface area contributed by atoms with Crippen LogP contribution in [0.2, 0.25) is 0 Å². The maximum absolute atomic E-state index is 10.3. The van der Waals surface area contributed by atoms with Crippen LogP contribution in [0.1, 0.15) is 37.4 Å². The summed E-state index contributed by atoms with van der Waals surface area (Å²) < 4.78 is 2.36. The monoisotopic (exact) mass is 249 g/mol. The number of aliphatic hydroxyl groups excluding tert-OH is 1. The van der Waals surface area contributed by atoms with E-state index in [1.165, 1.54) is 0 Å². The van der Waals surface area contributed by atoms with Crippen LogP contribution < -0.4 is 0 Å². The van der Waals surface area contributed by atoms with Gasteiger partial charge in [0.2, 0.25) is 0 Å². The number of aromatic nitrogens is 3. The second-order valence-electron chi connectivity index (χ2n) is 4.16. The largest absolute Gasteiger partial charge is 0.380 e. The van der Waals surface area contributed by atoms with Crippen LogP contribution in [0.4, 0.5) is 0 Å². The van der Waals surface area contributed by atoms with E-state index < -0.39 is 6.10 Å². The molecule has 1 aromatic carbocycles. The number of hydrogen-bond donors (Lipinski definition) is 2. The third-order valence-electron chi connectivity index (χ3n) is 2.61. The first kappa shape index (κ1) is 12.0. The molecule has 0 aliphatic carbocycles. The molecule has 0 spiro atoms. The van der Waals surface area contributed by atoms with Gasteiger partial charge in [0.25, 0.3) is 0 Å². The van der Waals surface area contributed by atoms with E-state index in [0.29, 0.717) is 10.6 Å². The van der Waals surface area contributed by atoms with E-state index in [-0.39, 0.29) is 6.04 Å². The summed E-state index contributed by atoms with van der Waals surface area (Å²) in [7, 11) is 0. The van der Waals surface area contributed by atoms with E-state index in [9.17, 15) is 5.11 Å². The van der Waals surface area contributed by atoms with Crippen molar-refractivity contribution in [3.05, 3.63) is 46.5 Å². The quantitative estimate of drug-likeness (QED) is 0.822. The number of aliphatic hydroxyl groups is 1. The highest BCUT2D eigenvalue weighted by molar-refractivity contribution is 7.71. The molecule has 2 rings (SSSR count). The zero-order valence-electron chi connectivity index (χ0n) is 9.79. The Kier molecular flexibility index (Phi) is 3.40. The maximum Gasteiger partial charge on any atom is 0.195 e. The summed E-state index contributed by atoms with van der Waals surface area (Å²) in [4.78, 5) is 0.